The number of likely N-dealkylation sites (N-methyl/N-ethyl adjacent to an activating group) is 1. The molecule has 0 N–H and O–H groups in total. The van der Waals surface area contributed by atoms with Crippen molar-refractivity contribution >= 4 is 15.8 Å². The molecule has 2 rings (SSSR count). The number of aromatic nitrogens is 1. The quantitative estimate of drug-likeness (QED) is 0.841. The smallest absolute Gasteiger partial charge is 0.211 e. The minimum absolute atomic E-state index is 0.0853. The van der Waals surface area contributed by atoms with E-state index in [0.29, 0.717) is 17.9 Å². The SMILES string of the molecule is Cc1cc(C)c(C#N)c(N2CCCC(N(C)S(C)(=O)=O)C2)n1. The van der Waals surface area contributed by atoms with Crippen LogP contribution in [0.4, 0.5) is 5.82 Å². The maximum absolute atomic E-state index is 11.7. The van der Waals surface area contributed by atoms with Crippen molar-refractivity contribution in [3.63, 3.8) is 0 Å². The van der Waals surface area contributed by atoms with Crippen molar-refractivity contribution in [2.75, 3.05) is 31.3 Å². The summed E-state index contributed by atoms with van der Waals surface area (Å²) in [5.74, 6) is 0.673. The summed E-state index contributed by atoms with van der Waals surface area (Å²) in [4.78, 5) is 6.56. The first-order chi connectivity index (χ1) is 10.2. The van der Waals surface area contributed by atoms with Crippen molar-refractivity contribution in [1.29, 1.82) is 5.26 Å². The molecule has 1 saturated heterocycles. The summed E-state index contributed by atoms with van der Waals surface area (Å²) in [6.07, 6.45) is 2.93. The van der Waals surface area contributed by atoms with Crippen LogP contribution in [0.1, 0.15) is 29.7 Å². The normalized spacial score (nSPS) is 19.3. The Morgan fingerprint density at radius 1 is 1.45 bits per heavy atom. The molecule has 0 amide bonds. The van der Waals surface area contributed by atoms with Crippen LogP contribution in [-0.4, -0.2) is 50.1 Å². The topological polar surface area (TPSA) is 77.3 Å². The zero-order valence-corrected chi connectivity index (χ0v) is 14.3. The first-order valence-corrected chi connectivity index (χ1v) is 9.15. The molecule has 1 atom stereocenters. The Morgan fingerprint density at radius 3 is 2.73 bits per heavy atom. The largest absolute Gasteiger partial charge is 0.354 e. The third-order valence-corrected chi connectivity index (χ3v) is 5.52. The lowest BCUT2D eigenvalue weighted by Gasteiger charge is -2.37. The average Bonchev–Trinajstić information content (AvgIpc) is 2.45. The highest BCUT2D eigenvalue weighted by Gasteiger charge is 2.29. The summed E-state index contributed by atoms with van der Waals surface area (Å²) < 4.78 is 24.9. The van der Waals surface area contributed by atoms with Gasteiger partial charge in [0.1, 0.15) is 11.9 Å². The summed E-state index contributed by atoms with van der Waals surface area (Å²) in [7, 11) is -1.60. The van der Waals surface area contributed by atoms with Crippen LogP contribution in [0.2, 0.25) is 0 Å². The van der Waals surface area contributed by atoms with E-state index in [2.05, 4.69) is 11.1 Å². The van der Waals surface area contributed by atoms with Gasteiger partial charge in [0.2, 0.25) is 10.0 Å². The van der Waals surface area contributed by atoms with Crippen molar-refractivity contribution in [1.82, 2.24) is 9.29 Å². The Hall–Kier alpha value is -1.65. The van der Waals surface area contributed by atoms with Crippen LogP contribution in [0.25, 0.3) is 0 Å². The van der Waals surface area contributed by atoms with Gasteiger partial charge in [-0.3, -0.25) is 0 Å². The second-order valence-electron chi connectivity index (χ2n) is 5.91. The number of pyridine rings is 1. The van der Waals surface area contributed by atoms with E-state index >= 15 is 0 Å². The third kappa shape index (κ3) is 3.39. The van der Waals surface area contributed by atoms with Crippen LogP contribution in [0, 0.1) is 25.2 Å². The number of hydrogen-bond acceptors (Lipinski definition) is 5. The Kier molecular flexibility index (Phi) is 4.73. The van der Waals surface area contributed by atoms with Crippen LogP contribution in [-0.2, 0) is 10.0 Å². The molecule has 0 radical (unpaired) electrons. The van der Waals surface area contributed by atoms with Gasteiger partial charge in [0.25, 0.3) is 0 Å². The first-order valence-electron chi connectivity index (χ1n) is 7.30. The van der Waals surface area contributed by atoms with Gasteiger partial charge < -0.3 is 4.90 Å². The van der Waals surface area contributed by atoms with Gasteiger partial charge in [-0.05, 0) is 38.3 Å². The van der Waals surface area contributed by atoms with Crippen LogP contribution < -0.4 is 4.90 Å². The third-order valence-electron chi connectivity index (χ3n) is 4.17. The molecule has 1 aromatic rings. The Morgan fingerprint density at radius 2 is 2.14 bits per heavy atom. The van der Waals surface area contributed by atoms with Gasteiger partial charge in [-0.2, -0.15) is 5.26 Å². The lowest BCUT2D eigenvalue weighted by Crippen LogP contribution is -2.48. The van der Waals surface area contributed by atoms with E-state index in [-0.39, 0.29) is 6.04 Å². The molecule has 1 unspecified atom stereocenters. The number of aryl methyl sites for hydroxylation is 2. The van der Waals surface area contributed by atoms with E-state index in [9.17, 15) is 13.7 Å². The number of rotatable bonds is 3. The number of piperidine rings is 1. The Balaban J connectivity index is 2.33. The highest BCUT2D eigenvalue weighted by Crippen LogP contribution is 2.26. The lowest BCUT2D eigenvalue weighted by molar-refractivity contribution is 0.321. The first kappa shape index (κ1) is 16.7. The van der Waals surface area contributed by atoms with Crippen molar-refractivity contribution in [2.45, 2.75) is 32.7 Å². The van der Waals surface area contributed by atoms with Gasteiger partial charge in [0.15, 0.2) is 0 Å². The number of anilines is 1. The van der Waals surface area contributed by atoms with E-state index in [0.717, 1.165) is 30.6 Å². The molecule has 7 heteroatoms. The molecular formula is C15H22N4O2S. The summed E-state index contributed by atoms with van der Waals surface area (Å²) in [6, 6.07) is 4.04. The van der Waals surface area contributed by atoms with Gasteiger partial charge in [-0.15, -0.1) is 0 Å². The van der Waals surface area contributed by atoms with Crippen LogP contribution in [0.15, 0.2) is 6.07 Å². The van der Waals surface area contributed by atoms with E-state index in [1.807, 2.05) is 24.8 Å². The average molecular weight is 322 g/mol. The minimum Gasteiger partial charge on any atom is -0.354 e. The fourth-order valence-electron chi connectivity index (χ4n) is 2.90. The van der Waals surface area contributed by atoms with Gasteiger partial charge in [0.05, 0.1) is 11.8 Å². The molecule has 1 aliphatic rings. The fraction of sp³-hybridized carbons (Fsp3) is 0.600. The summed E-state index contributed by atoms with van der Waals surface area (Å²) in [6.45, 7) is 5.16. The number of nitrogens with zero attached hydrogens (tertiary/aromatic N) is 4. The van der Waals surface area contributed by atoms with Crippen LogP contribution in [0.5, 0.6) is 0 Å². The van der Waals surface area contributed by atoms with Gasteiger partial charge in [-0.1, -0.05) is 0 Å². The maximum Gasteiger partial charge on any atom is 0.211 e. The minimum atomic E-state index is -3.22. The lowest BCUT2D eigenvalue weighted by atomic mass is 10.0. The summed E-state index contributed by atoms with van der Waals surface area (Å²) in [5, 5.41) is 9.40. The standard InChI is InChI=1S/C15H22N4O2S/c1-11-8-12(2)17-15(14(11)9-16)19-7-5-6-13(10-19)18(3)22(4,20)21/h8,13H,5-7,10H2,1-4H3. The van der Waals surface area contributed by atoms with E-state index in [1.54, 1.807) is 7.05 Å². The molecule has 0 spiro atoms. The molecule has 120 valence electrons. The Labute approximate surface area is 132 Å². The van der Waals surface area contributed by atoms with Crippen molar-refractivity contribution < 1.29 is 8.42 Å². The van der Waals surface area contributed by atoms with Gasteiger partial charge >= 0.3 is 0 Å². The zero-order valence-electron chi connectivity index (χ0n) is 13.5. The number of hydrogen-bond donors (Lipinski definition) is 0. The van der Waals surface area contributed by atoms with Crippen molar-refractivity contribution in [3.05, 3.63) is 22.9 Å². The fourth-order valence-corrected chi connectivity index (χ4v) is 3.61. The van der Waals surface area contributed by atoms with Crippen molar-refractivity contribution in [3.8, 4) is 6.07 Å². The molecule has 1 fully saturated rings. The van der Waals surface area contributed by atoms with Crippen LogP contribution >= 0.6 is 0 Å². The summed E-state index contributed by atoms with van der Waals surface area (Å²) >= 11 is 0. The second kappa shape index (κ2) is 6.23. The predicted molar refractivity (Wildman–Crippen MR) is 86.3 cm³/mol. The van der Waals surface area contributed by atoms with Gasteiger partial charge in [0, 0.05) is 31.9 Å². The predicted octanol–water partition coefficient (Wildman–Crippen LogP) is 1.43. The molecule has 22 heavy (non-hydrogen) atoms. The molecular weight excluding hydrogens is 300 g/mol. The summed E-state index contributed by atoms with van der Waals surface area (Å²) in [5.41, 5.74) is 2.35. The molecule has 2 heterocycles. The maximum atomic E-state index is 11.7. The van der Waals surface area contributed by atoms with Crippen LogP contribution in [0.3, 0.4) is 0 Å². The van der Waals surface area contributed by atoms with E-state index < -0.39 is 10.0 Å². The number of nitriles is 1. The van der Waals surface area contributed by atoms with Gasteiger partial charge in [-0.25, -0.2) is 17.7 Å². The monoisotopic (exact) mass is 322 g/mol. The zero-order chi connectivity index (χ0) is 16.5. The highest BCUT2D eigenvalue weighted by atomic mass is 32.2. The van der Waals surface area contributed by atoms with E-state index in [1.165, 1.54) is 10.6 Å². The van der Waals surface area contributed by atoms with E-state index in [4.69, 9.17) is 0 Å². The molecule has 0 saturated carbocycles. The Bertz CT molecular complexity index is 709. The second-order valence-corrected chi connectivity index (χ2v) is 7.95. The highest BCUT2D eigenvalue weighted by molar-refractivity contribution is 7.88. The molecule has 0 aromatic carbocycles. The number of sulfonamides is 1. The van der Waals surface area contributed by atoms with Crippen molar-refractivity contribution in [2.24, 2.45) is 0 Å². The molecule has 0 bridgehead atoms. The molecule has 1 aromatic heterocycles. The molecule has 6 nitrogen and oxygen atoms in total. The molecule has 0 aliphatic carbocycles. The molecule has 1 aliphatic heterocycles.